The van der Waals surface area contributed by atoms with E-state index in [-0.39, 0.29) is 16.9 Å². The van der Waals surface area contributed by atoms with Gasteiger partial charge in [0.05, 0.1) is 5.69 Å². The zero-order chi connectivity index (χ0) is 16.4. The Morgan fingerprint density at radius 3 is 2.70 bits per heavy atom. The van der Waals surface area contributed by atoms with Crippen LogP contribution in [0.2, 0.25) is 0 Å². The first kappa shape index (κ1) is 15.1. The number of nitrogens with one attached hydrogen (secondary N) is 1. The van der Waals surface area contributed by atoms with E-state index in [9.17, 15) is 14.0 Å². The highest BCUT2D eigenvalue weighted by atomic mass is 32.1. The van der Waals surface area contributed by atoms with E-state index >= 15 is 0 Å². The van der Waals surface area contributed by atoms with Crippen molar-refractivity contribution in [1.82, 2.24) is 9.55 Å². The highest BCUT2D eigenvalue weighted by Gasteiger charge is 2.11. The summed E-state index contributed by atoms with van der Waals surface area (Å²) < 4.78 is 14.3. The van der Waals surface area contributed by atoms with E-state index in [1.165, 1.54) is 40.3 Å². The molecule has 3 aromatic rings. The Bertz CT molecular complexity index is 916. The molecule has 116 valence electrons. The Morgan fingerprint density at radius 2 is 2.00 bits per heavy atom. The normalized spacial score (nSPS) is 10.5. The predicted octanol–water partition coefficient (Wildman–Crippen LogP) is 2.90. The van der Waals surface area contributed by atoms with Gasteiger partial charge in [0.2, 0.25) is 0 Å². The molecule has 0 aliphatic carbocycles. The highest BCUT2D eigenvalue weighted by molar-refractivity contribution is 7.14. The maximum Gasteiger partial charge on any atom is 0.257 e. The van der Waals surface area contributed by atoms with Gasteiger partial charge in [0.15, 0.2) is 5.13 Å². The van der Waals surface area contributed by atoms with Crippen LogP contribution in [0.3, 0.4) is 0 Å². The van der Waals surface area contributed by atoms with Gasteiger partial charge in [0.1, 0.15) is 5.82 Å². The number of carbonyl (C=O) groups excluding carboxylic acids is 1. The topological polar surface area (TPSA) is 64.0 Å². The second-order valence-electron chi connectivity index (χ2n) is 4.86. The van der Waals surface area contributed by atoms with Crippen molar-refractivity contribution in [2.24, 2.45) is 7.05 Å². The second-order valence-corrected chi connectivity index (χ2v) is 5.72. The lowest BCUT2D eigenvalue weighted by Crippen LogP contribution is -2.19. The highest BCUT2D eigenvalue weighted by Crippen LogP contribution is 2.25. The van der Waals surface area contributed by atoms with Crippen LogP contribution in [0.1, 0.15) is 10.4 Å². The number of nitrogens with zero attached hydrogens (tertiary/aromatic N) is 2. The molecule has 0 saturated carbocycles. The van der Waals surface area contributed by atoms with Crippen molar-refractivity contribution < 1.29 is 9.18 Å². The molecule has 0 unspecified atom stereocenters. The maximum absolute atomic E-state index is 12.9. The molecule has 0 atom stereocenters. The van der Waals surface area contributed by atoms with E-state index < -0.39 is 5.91 Å². The van der Waals surface area contributed by atoms with Crippen LogP contribution in [0.15, 0.2) is 52.8 Å². The quantitative estimate of drug-likeness (QED) is 0.803. The fourth-order valence-electron chi connectivity index (χ4n) is 1.94. The van der Waals surface area contributed by atoms with Crippen molar-refractivity contribution in [2.75, 3.05) is 5.32 Å². The van der Waals surface area contributed by atoms with Gasteiger partial charge < -0.3 is 4.57 Å². The Labute approximate surface area is 135 Å². The van der Waals surface area contributed by atoms with Gasteiger partial charge in [-0.05, 0) is 30.3 Å². The molecule has 1 amide bonds. The molecule has 1 aromatic carbocycles. The van der Waals surface area contributed by atoms with E-state index in [4.69, 9.17) is 0 Å². The van der Waals surface area contributed by atoms with Crippen molar-refractivity contribution in [3.05, 3.63) is 69.7 Å². The summed E-state index contributed by atoms with van der Waals surface area (Å²) in [6, 6.07) is 8.78. The van der Waals surface area contributed by atoms with Crippen LogP contribution < -0.4 is 10.9 Å². The summed E-state index contributed by atoms with van der Waals surface area (Å²) in [7, 11) is 1.61. The third kappa shape index (κ3) is 3.35. The summed E-state index contributed by atoms with van der Waals surface area (Å²) in [6.45, 7) is 0. The smallest absolute Gasteiger partial charge is 0.257 e. The van der Waals surface area contributed by atoms with Crippen LogP contribution in [0.4, 0.5) is 9.52 Å². The van der Waals surface area contributed by atoms with Gasteiger partial charge >= 0.3 is 0 Å². The van der Waals surface area contributed by atoms with Crippen molar-refractivity contribution in [3.8, 4) is 11.3 Å². The van der Waals surface area contributed by atoms with Crippen molar-refractivity contribution in [1.29, 1.82) is 0 Å². The first-order valence-corrected chi connectivity index (χ1v) is 7.60. The van der Waals surface area contributed by atoms with Gasteiger partial charge in [-0.25, -0.2) is 9.37 Å². The average molecular weight is 329 g/mol. The Hall–Kier alpha value is -2.80. The molecule has 0 aliphatic rings. The SMILES string of the molecule is Cn1ccc(C(=O)Nc2nc(-c3ccc(F)cc3)cs2)cc1=O. The van der Waals surface area contributed by atoms with Crippen molar-refractivity contribution >= 4 is 22.4 Å². The number of pyridine rings is 1. The molecule has 0 spiro atoms. The number of amides is 1. The lowest BCUT2D eigenvalue weighted by Gasteiger charge is -2.02. The van der Waals surface area contributed by atoms with Gasteiger partial charge in [-0.15, -0.1) is 11.3 Å². The molecule has 2 aromatic heterocycles. The minimum Gasteiger partial charge on any atom is -0.319 e. The van der Waals surface area contributed by atoms with Crippen molar-refractivity contribution in [2.45, 2.75) is 0 Å². The van der Waals surface area contributed by atoms with Crippen LogP contribution >= 0.6 is 11.3 Å². The zero-order valence-corrected chi connectivity index (χ0v) is 12.9. The second kappa shape index (κ2) is 6.13. The summed E-state index contributed by atoms with van der Waals surface area (Å²) >= 11 is 1.26. The van der Waals surface area contributed by atoms with Crippen LogP contribution in [0.25, 0.3) is 11.3 Å². The number of rotatable bonds is 3. The summed E-state index contributed by atoms with van der Waals surface area (Å²) in [5.41, 5.74) is 1.42. The van der Waals surface area contributed by atoms with E-state index in [1.807, 2.05) is 0 Å². The molecule has 1 N–H and O–H groups in total. The number of aromatic nitrogens is 2. The average Bonchev–Trinajstić information content (AvgIpc) is 2.99. The molecule has 0 saturated heterocycles. The summed E-state index contributed by atoms with van der Waals surface area (Å²) in [6.07, 6.45) is 1.53. The molecule has 0 fully saturated rings. The number of carbonyl (C=O) groups is 1. The molecule has 2 heterocycles. The molecule has 23 heavy (non-hydrogen) atoms. The largest absolute Gasteiger partial charge is 0.319 e. The first-order valence-electron chi connectivity index (χ1n) is 6.72. The Morgan fingerprint density at radius 1 is 1.26 bits per heavy atom. The van der Waals surface area contributed by atoms with E-state index in [1.54, 1.807) is 30.6 Å². The van der Waals surface area contributed by atoms with Gasteiger partial charge in [0, 0.05) is 35.8 Å². The number of aryl methyl sites for hydroxylation is 1. The molecule has 5 nitrogen and oxygen atoms in total. The zero-order valence-electron chi connectivity index (χ0n) is 12.1. The number of benzene rings is 1. The van der Waals surface area contributed by atoms with Gasteiger partial charge in [-0.1, -0.05) is 0 Å². The van der Waals surface area contributed by atoms with Crippen LogP contribution in [-0.4, -0.2) is 15.5 Å². The Kier molecular flexibility index (Phi) is 4.03. The fraction of sp³-hybridized carbons (Fsp3) is 0.0625. The number of hydrogen-bond donors (Lipinski definition) is 1. The summed E-state index contributed by atoms with van der Waals surface area (Å²) in [4.78, 5) is 28.0. The van der Waals surface area contributed by atoms with Crippen LogP contribution in [0.5, 0.6) is 0 Å². The lowest BCUT2D eigenvalue weighted by molar-refractivity contribution is 0.102. The number of thiazole rings is 1. The standard InChI is InChI=1S/C16H12FN3O2S/c1-20-7-6-11(8-14(20)21)15(22)19-16-18-13(9-23-16)10-2-4-12(17)5-3-10/h2-9H,1H3,(H,18,19,22). The minimum atomic E-state index is -0.400. The third-order valence-corrected chi connectivity index (χ3v) is 3.99. The molecule has 3 rings (SSSR count). The molecule has 0 aliphatic heterocycles. The van der Waals surface area contributed by atoms with Gasteiger partial charge in [-0.2, -0.15) is 0 Å². The lowest BCUT2D eigenvalue weighted by atomic mass is 10.2. The number of hydrogen-bond acceptors (Lipinski definition) is 4. The molecule has 0 bridgehead atoms. The first-order chi connectivity index (χ1) is 11.0. The molecule has 0 radical (unpaired) electrons. The predicted molar refractivity (Wildman–Crippen MR) is 87.1 cm³/mol. The number of anilines is 1. The Balaban J connectivity index is 1.78. The molecule has 7 heteroatoms. The van der Waals surface area contributed by atoms with Crippen LogP contribution in [-0.2, 0) is 7.05 Å². The van der Waals surface area contributed by atoms with E-state index in [0.29, 0.717) is 10.8 Å². The monoisotopic (exact) mass is 329 g/mol. The fourth-order valence-corrected chi connectivity index (χ4v) is 2.66. The maximum atomic E-state index is 12.9. The van der Waals surface area contributed by atoms with Crippen molar-refractivity contribution in [3.63, 3.8) is 0 Å². The van der Waals surface area contributed by atoms with Gasteiger partial charge in [-0.3, -0.25) is 14.9 Å². The summed E-state index contributed by atoms with van der Waals surface area (Å²) in [5.74, 6) is -0.717. The van der Waals surface area contributed by atoms with E-state index in [2.05, 4.69) is 10.3 Å². The van der Waals surface area contributed by atoms with E-state index in [0.717, 1.165) is 5.56 Å². The van der Waals surface area contributed by atoms with Gasteiger partial charge in [0.25, 0.3) is 11.5 Å². The minimum absolute atomic E-state index is 0.260. The summed E-state index contributed by atoms with van der Waals surface area (Å²) in [5, 5.41) is 4.84. The molecular weight excluding hydrogens is 317 g/mol. The molecular formula is C16H12FN3O2S. The third-order valence-electron chi connectivity index (χ3n) is 3.23. The van der Waals surface area contributed by atoms with Crippen LogP contribution in [0, 0.1) is 5.82 Å². The number of halogens is 1.